The van der Waals surface area contributed by atoms with Crippen LogP contribution in [0.15, 0.2) is 45.2 Å². The van der Waals surface area contributed by atoms with Gasteiger partial charge in [0.2, 0.25) is 5.95 Å². The number of aromatic nitrogens is 2. The molecule has 0 spiro atoms. The molecular weight excluding hydrogens is 338 g/mol. The molecule has 1 aliphatic rings. The van der Waals surface area contributed by atoms with Gasteiger partial charge in [0.05, 0.1) is 15.9 Å². The number of nitrogens with zero attached hydrogens (tertiary/aromatic N) is 3. The van der Waals surface area contributed by atoms with Crippen molar-refractivity contribution in [1.82, 2.24) is 9.55 Å². The number of thiophene rings is 1. The van der Waals surface area contributed by atoms with Crippen molar-refractivity contribution in [2.45, 2.75) is 6.17 Å². The van der Waals surface area contributed by atoms with E-state index in [1.165, 1.54) is 0 Å². The number of aliphatic imine (C=N–C) groups is 1. The van der Waals surface area contributed by atoms with Crippen LogP contribution in [0.1, 0.15) is 11.0 Å². The van der Waals surface area contributed by atoms with Gasteiger partial charge >= 0.3 is 0 Å². The molecule has 5 nitrogen and oxygen atoms in total. The van der Waals surface area contributed by atoms with Crippen molar-refractivity contribution < 1.29 is 0 Å². The fourth-order valence-corrected chi connectivity index (χ4v) is 3.84. The molecule has 3 aromatic rings. The number of rotatable bonds is 1. The molecule has 3 N–H and O–H groups in total. The van der Waals surface area contributed by atoms with E-state index in [0.717, 1.165) is 26.3 Å². The highest BCUT2D eigenvalue weighted by molar-refractivity contribution is 9.10. The van der Waals surface area contributed by atoms with Gasteiger partial charge in [-0.15, -0.1) is 11.3 Å². The zero-order valence-electron chi connectivity index (χ0n) is 10.2. The second kappa shape index (κ2) is 4.32. The van der Waals surface area contributed by atoms with E-state index in [2.05, 4.69) is 41.9 Å². The third kappa shape index (κ3) is 1.74. The standard InChI is InChI=1S/C13H10BrN5S/c14-7-5-10(20-6-7)11-17-12(15)18-13-16-8-3-1-2-4-9(8)19(11)13/h1-6,11H,(H3,15,16,17,18)/t11-/m1/s1. The highest BCUT2D eigenvalue weighted by Gasteiger charge is 2.25. The fraction of sp³-hybridized carbons (Fsp3) is 0.0769. The van der Waals surface area contributed by atoms with Crippen LogP contribution in [0.4, 0.5) is 5.95 Å². The maximum atomic E-state index is 5.88. The highest BCUT2D eigenvalue weighted by atomic mass is 79.9. The Labute approximate surface area is 127 Å². The number of hydrogen-bond donors (Lipinski definition) is 2. The summed E-state index contributed by atoms with van der Waals surface area (Å²) >= 11 is 5.13. The van der Waals surface area contributed by atoms with Crippen molar-refractivity contribution in [2.24, 2.45) is 10.7 Å². The van der Waals surface area contributed by atoms with Crippen molar-refractivity contribution in [3.63, 3.8) is 0 Å². The summed E-state index contributed by atoms with van der Waals surface area (Å²) in [5, 5.41) is 5.07. The number of benzene rings is 1. The lowest BCUT2D eigenvalue weighted by Gasteiger charge is -2.22. The van der Waals surface area contributed by atoms with Gasteiger partial charge in [0.25, 0.3) is 0 Å². The van der Waals surface area contributed by atoms with E-state index in [1.54, 1.807) is 11.3 Å². The predicted octanol–water partition coefficient (Wildman–Crippen LogP) is 3.15. The summed E-state index contributed by atoms with van der Waals surface area (Å²) in [6, 6.07) is 10.1. The van der Waals surface area contributed by atoms with E-state index >= 15 is 0 Å². The van der Waals surface area contributed by atoms with E-state index in [0.29, 0.717) is 5.96 Å². The number of halogens is 1. The Morgan fingerprint density at radius 2 is 2.20 bits per heavy atom. The second-order valence-electron chi connectivity index (χ2n) is 4.47. The van der Waals surface area contributed by atoms with Gasteiger partial charge in [0.1, 0.15) is 0 Å². The Hall–Kier alpha value is -1.86. The topological polar surface area (TPSA) is 68.2 Å². The lowest BCUT2D eigenvalue weighted by Crippen LogP contribution is -2.31. The summed E-state index contributed by atoms with van der Waals surface area (Å²) in [5.41, 5.74) is 7.86. The number of guanidine groups is 1. The van der Waals surface area contributed by atoms with Crippen molar-refractivity contribution in [3.05, 3.63) is 45.1 Å². The van der Waals surface area contributed by atoms with Crippen LogP contribution in [-0.4, -0.2) is 15.5 Å². The summed E-state index contributed by atoms with van der Waals surface area (Å²) in [7, 11) is 0. The second-order valence-corrected chi connectivity index (χ2v) is 6.33. The van der Waals surface area contributed by atoms with E-state index in [1.807, 2.05) is 29.6 Å². The molecule has 7 heteroatoms. The van der Waals surface area contributed by atoms with Crippen LogP contribution < -0.4 is 11.1 Å². The van der Waals surface area contributed by atoms with Gasteiger partial charge in [-0.1, -0.05) is 12.1 Å². The molecule has 1 aliphatic heterocycles. The van der Waals surface area contributed by atoms with E-state index in [9.17, 15) is 0 Å². The van der Waals surface area contributed by atoms with Crippen molar-refractivity contribution >= 4 is 50.2 Å². The normalized spacial score (nSPS) is 17.6. The van der Waals surface area contributed by atoms with Crippen LogP contribution in [0.2, 0.25) is 0 Å². The molecule has 0 aliphatic carbocycles. The molecule has 0 radical (unpaired) electrons. The van der Waals surface area contributed by atoms with Gasteiger partial charge in [-0.3, -0.25) is 9.88 Å². The van der Waals surface area contributed by atoms with Gasteiger partial charge < -0.3 is 5.73 Å². The smallest absolute Gasteiger partial charge is 0.212 e. The molecule has 3 heterocycles. The van der Waals surface area contributed by atoms with E-state index < -0.39 is 0 Å². The van der Waals surface area contributed by atoms with Gasteiger partial charge in [-0.05, 0) is 34.1 Å². The quantitative estimate of drug-likeness (QED) is 0.710. The Morgan fingerprint density at radius 3 is 3.00 bits per heavy atom. The number of fused-ring (bicyclic) bond motifs is 3. The molecule has 2 aromatic heterocycles. The molecule has 20 heavy (non-hydrogen) atoms. The molecule has 0 unspecified atom stereocenters. The maximum Gasteiger partial charge on any atom is 0.212 e. The Balaban J connectivity index is 1.98. The zero-order chi connectivity index (χ0) is 13.7. The van der Waals surface area contributed by atoms with Crippen LogP contribution in [0, 0.1) is 0 Å². The molecule has 0 amide bonds. The number of nitrogens with one attached hydrogen (secondary N) is 1. The monoisotopic (exact) mass is 347 g/mol. The molecule has 100 valence electrons. The molecule has 0 fully saturated rings. The third-order valence-electron chi connectivity index (χ3n) is 3.18. The first-order chi connectivity index (χ1) is 9.72. The fourth-order valence-electron chi connectivity index (χ4n) is 2.37. The Morgan fingerprint density at radius 1 is 1.35 bits per heavy atom. The third-order valence-corrected chi connectivity index (χ3v) is 4.92. The summed E-state index contributed by atoms with van der Waals surface area (Å²) in [5.74, 6) is 1.12. The lowest BCUT2D eigenvalue weighted by atomic mass is 10.3. The van der Waals surface area contributed by atoms with Gasteiger partial charge in [-0.2, -0.15) is 0 Å². The minimum Gasteiger partial charge on any atom is -0.370 e. The van der Waals surface area contributed by atoms with E-state index in [4.69, 9.17) is 5.73 Å². The number of para-hydroxylation sites is 2. The molecule has 1 atom stereocenters. The van der Waals surface area contributed by atoms with Crippen LogP contribution in [0.25, 0.3) is 11.0 Å². The minimum atomic E-state index is -0.171. The van der Waals surface area contributed by atoms with Crippen molar-refractivity contribution in [2.75, 3.05) is 5.32 Å². The first kappa shape index (κ1) is 11.9. The number of hydrogen-bond acceptors (Lipinski definition) is 5. The zero-order valence-corrected chi connectivity index (χ0v) is 12.6. The molecule has 0 saturated heterocycles. The largest absolute Gasteiger partial charge is 0.370 e. The lowest BCUT2D eigenvalue weighted by molar-refractivity contribution is 0.637. The first-order valence-electron chi connectivity index (χ1n) is 6.03. The first-order valence-corrected chi connectivity index (χ1v) is 7.71. The summed E-state index contributed by atoms with van der Waals surface area (Å²) in [4.78, 5) is 10.2. The van der Waals surface area contributed by atoms with Gasteiger partial charge in [0.15, 0.2) is 12.1 Å². The molecule has 0 bridgehead atoms. The minimum absolute atomic E-state index is 0.171. The van der Waals surface area contributed by atoms with Crippen molar-refractivity contribution in [3.8, 4) is 0 Å². The maximum absolute atomic E-state index is 5.88. The van der Waals surface area contributed by atoms with Crippen LogP contribution in [0.3, 0.4) is 0 Å². The van der Waals surface area contributed by atoms with E-state index in [-0.39, 0.29) is 6.17 Å². The summed E-state index contributed by atoms with van der Waals surface area (Å²) in [6.45, 7) is 0. The van der Waals surface area contributed by atoms with Crippen LogP contribution in [0.5, 0.6) is 0 Å². The molecule has 1 aromatic carbocycles. The number of imidazole rings is 1. The van der Waals surface area contributed by atoms with Crippen LogP contribution in [-0.2, 0) is 0 Å². The molecular formula is C13H10BrN5S. The predicted molar refractivity (Wildman–Crippen MR) is 85.1 cm³/mol. The Bertz CT molecular complexity index is 834. The molecule has 4 rings (SSSR count). The SMILES string of the molecule is NC1=N[C@@H](c2cc(Br)cs2)n2c(nc3ccccc32)N1. The summed E-state index contributed by atoms with van der Waals surface area (Å²) < 4.78 is 3.13. The van der Waals surface area contributed by atoms with Gasteiger partial charge in [0, 0.05) is 9.85 Å². The average Bonchev–Trinajstić information content (AvgIpc) is 3.00. The number of nitrogens with two attached hydrogens (primary N) is 1. The van der Waals surface area contributed by atoms with Gasteiger partial charge in [-0.25, -0.2) is 9.98 Å². The van der Waals surface area contributed by atoms with Crippen LogP contribution >= 0.6 is 27.3 Å². The average molecular weight is 348 g/mol. The number of anilines is 1. The Kier molecular flexibility index (Phi) is 2.58. The summed E-state index contributed by atoms with van der Waals surface area (Å²) in [6.07, 6.45) is -0.171. The highest BCUT2D eigenvalue weighted by Crippen LogP contribution is 2.35. The molecule has 0 saturated carbocycles. The van der Waals surface area contributed by atoms with Crippen molar-refractivity contribution in [1.29, 1.82) is 0 Å².